The summed E-state index contributed by atoms with van der Waals surface area (Å²) in [5, 5.41) is 55.2. The molecule has 3 heterocycles. The lowest BCUT2D eigenvalue weighted by Gasteiger charge is -2.50. The molecule has 0 bridgehead atoms. The van der Waals surface area contributed by atoms with Crippen molar-refractivity contribution in [1.82, 2.24) is 4.90 Å². The van der Waals surface area contributed by atoms with Gasteiger partial charge in [0.25, 0.3) is 0 Å². The van der Waals surface area contributed by atoms with Gasteiger partial charge in [-0.15, -0.1) is 0 Å². The van der Waals surface area contributed by atoms with Crippen molar-refractivity contribution in [2.45, 2.75) is 152 Å². The first-order chi connectivity index (χ1) is 23.0. The number of aliphatic hydroxyl groups excluding tert-OH is 4. The zero-order chi connectivity index (χ0) is 36.6. The van der Waals surface area contributed by atoms with Crippen LogP contribution in [0.1, 0.15) is 66.7 Å². The second-order valence-electron chi connectivity index (χ2n) is 14.3. The topological polar surface area (TPSA) is 194 Å². The predicted octanol–water partition coefficient (Wildman–Crippen LogP) is 0.846. The summed E-state index contributed by atoms with van der Waals surface area (Å²) in [5.41, 5.74) is -1.46. The van der Waals surface area contributed by atoms with E-state index < -0.39 is 104 Å². The van der Waals surface area contributed by atoms with Crippen LogP contribution in [0, 0.1) is 11.8 Å². The summed E-state index contributed by atoms with van der Waals surface area (Å²) < 4.78 is 36.1. The van der Waals surface area contributed by atoms with Crippen LogP contribution in [-0.4, -0.2) is 149 Å². The molecule has 0 radical (unpaired) electrons. The van der Waals surface area contributed by atoms with Gasteiger partial charge in [-0.1, -0.05) is 31.2 Å². The van der Waals surface area contributed by atoms with Crippen LogP contribution in [0.4, 0.5) is 0 Å². The third-order valence-electron chi connectivity index (χ3n) is 9.83. The fraction of sp³-hybridized carbons (Fsp3) is 0.829. The van der Waals surface area contributed by atoms with Crippen molar-refractivity contribution in [2.75, 3.05) is 21.2 Å². The number of nitrogens with zero attached hydrogens (tertiary/aromatic N) is 1. The molecule has 0 saturated carbocycles. The SMILES string of the molecule is CO[C@H]1[C@@H](O[C@@H]2O[C@H](C)[C@H](O[C@@H]3C[C@](C)(O)[C@H](O)[C@H](C)O3)[C@H](N(C)C)[C@@H]2O)[C@@H](CC=O)C[C@@H](C)[C@@H](O)C=CC=CC[C@@H](C)OC(=O)C[C@H]1O. The van der Waals surface area contributed by atoms with E-state index in [9.17, 15) is 35.1 Å². The first kappa shape index (κ1) is 41.6. The maximum absolute atomic E-state index is 12.8. The first-order valence-corrected chi connectivity index (χ1v) is 17.2. The molecule has 0 aliphatic carbocycles. The van der Waals surface area contributed by atoms with E-state index >= 15 is 0 Å². The number of ether oxygens (including phenoxy) is 6. The molecule has 0 amide bonds. The molecule has 282 valence electrons. The Morgan fingerprint density at radius 3 is 2.31 bits per heavy atom. The van der Waals surface area contributed by atoms with Gasteiger partial charge in [0, 0.05) is 26.4 Å². The number of carbonyl (C=O) groups is 2. The van der Waals surface area contributed by atoms with Crippen LogP contribution in [0.3, 0.4) is 0 Å². The van der Waals surface area contributed by atoms with E-state index in [0.717, 1.165) is 6.29 Å². The molecular formula is C35H59NO13. The number of methoxy groups -OCH3 is 1. The smallest absolute Gasteiger partial charge is 0.308 e. The van der Waals surface area contributed by atoms with Crippen molar-refractivity contribution in [3.8, 4) is 0 Å². The molecule has 3 rings (SSSR count). The Kier molecular flexibility index (Phi) is 15.8. The highest BCUT2D eigenvalue weighted by Crippen LogP contribution is 2.36. The standard InChI is InChI=1S/C35H59NO13/c1-19-16-23(14-15-37)31(32(44-8)25(39)17-26(40)45-20(2)12-10-9-11-13-24(19)38)49-34-29(41)28(36(6)7)30(21(3)47-34)48-27-18-35(5,43)33(42)22(4)46-27/h9-11,13,15,19-25,27-34,38-39,41-43H,12,14,16-18H2,1-8H3/t19-,20-,21-,22+,23+,24+,25-,27-,28-,29+,30+,31+,32-,33-,34+,35+/m1/s1. The average molecular weight is 702 g/mol. The Labute approximate surface area is 289 Å². The zero-order valence-electron chi connectivity index (χ0n) is 30.0. The Morgan fingerprint density at radius 2 is 1.69 bits per heavy atom. The van der Waals surface area contributed by atoms with Gasteiger partial charge >= 0.3 is 5.97 Å². The summed E-state index contributed by atoms with van der Waals surface area (Å²) in [6, 6.07) is -0.721. The number of esters is 1. The fourth-order valence-electron chi connectivity index (χ4n) is 7.04. The Balaban J connectivity index is 1.94. The minimum atomic E-state index is -1.46. The van der Waals surface area contributed by atoms with Gasteiger partial charge in [0.05, 0.1) is 48.6 Å². The second kappa shape index (κ2) is 18.6. The Hall–Kier alpha value is -1.82. The lowest BCUT2D eigenvalue weighted by atomic mass is 9.82. The molecule has 0 aromatic rings. The lowest BCUT2D eigenvalue weighted by molar-refractivity contribution is -0.344. The monoisotopic (exact) mass is 701 g/mol. The summed E-state index contributed by atoms with van der Waals surface area (Å²) in [5.74, 6) is -1.64. The number of allylic oxidation sites excluding steroid dienone is 2. The summed E-state index contributed by atoms with van der Waals surface area (Å²) in [7, 11) is 4.86. The van der Waals surface area contributed by atoms with Crippen molar-refractivity contribution in [3.63, 3.8) is 0 Å². The number of hydrogen-bond donors (Lipinski definition) is 5. The molecule has 3 aliphatic heterocycles. The number of likely N-dealkylation sites (N-methyl/N-ethyl adjacent to an activating group) is 1. The van der Waals surface area contributed by atoms with Crippen LogP contribution in [0.15, 0.2) is 24.3 Å². The third-order valence-corrected chi connectivity index (χ3v) is 9.83. The Bertz CT molecular complexity index is 1100. The van der Waals surface area contributed by atoms with Crippen LogP contribution in [-0.2, 0) is 38.0 Å². The number of aliphatic hydroxyl groups is 5. The minimum Gasteiger partial charge on any atom is -0.462 e. The highest BCUT2D eigenvalue weighted by Gasteiger charge is 2.51. The fourth-order valence-corrected chi connectivity index (χ4v) is 7.04. The van der Waals surface area contributed by atoms with E-state index in [2.05, 4.69) is 0 Å². The van der Waals surface area contributed by atoms with Crippen molar-refractivity contribution in [1.29, 1.82) is 0 Å². The maximum Gasteiger partial charge on any atom is 0.308 e. The van der Waals surface area contributed by atoms with Gasteiger partial charge in [-0.25, -0.2) is 0 Å². The van der Waals surface area contributed by atoms with E-state index in [1.165, 1.54) is 14.0 Å². The quantitative estimate of drug-likeness (QED) is 0.177. The van der Waals surface area contributed by atoms with E-state index in [1.807, 2.05) is 13.0 Å². The molecule has 14 nitrogen and oxygen atoms in total. The van der Waals surface area contributed by atoms with E-state index in [0.29, 0.717) is 6.42 Å². The molecule has 0 spiro atoms. The molecule has 2 saturated heterocycles. The molecule has 2 fully saturated rings. The van der Waals surface area contributed by atoms with Crippen LogP contribution in [0.2, 0.25) is 0 Å². The van der Waals surface area contributed by atoms with E-state index in [-0.39, 0.29) is 25.2 Å². The number of carbonyl (C=O) groups excluding carboxylic acids is 2. The average Bonchev–Trinajstić information content (AvgIpc) is 3.00. The van der Waals surface area contributed by atoms with Crippen molar-refractivity contribution in [3.05, 3.63) is 24.3 Å². The maximum atomic E-state index is 12.8. The lowest BCUT2D eigenvalue weighted by Crippen LogP contribution is -2.65. The van der Waals surface area contributed by atoms with Crippen LogP contribution in [0.25, 0.3) is 0 Å². The van der Waals surface area contributed by atoms with Gasteiger partial charge in [0.2, 0.25) is 0 Å². The molecule has 0 unspecified atom stereocenters. The molecule has 3 aliphatic rings. The number of rotatable bonds is 8. The molecule has 0 aromatic heterocycles. The molecule has 0 aromatic carbocycles. The van der Waals surface area contributed by atoms with Crippen molar-refractivity contribution >= 4 is 12.3 Å². The third kappa shape index (κ3) is 11.1. The zero-order valence-corrected chi connectivity index (χ0v) is 30.0. The molecular weight excluding hydrogens is 642 g/mol. The second-order valence-corrected chi connectivity index (χ2v) is 14.3. The van der Waals surface area contributed by atoms with Crippen LogP contribution in [0.5, 0.6) is 0 Å². The Morgan fingerprint density at radius 1 is 1.00 bits per heavy atom. The van der Waals surface area contributed by atoms with Gasteiger partial charge in [0.1, 0.15) is 36.8 Å². The number of cyclic esters (lactones) is 1. The molecule has 16 atom stereocenters. The molecule has 5 N–H and O–H groups in total. The highest BCUT2D eigenvalue weighted by atomic mass is 16.7. The minimum absolute atomic E-state index is 0.0164. The van der Waals surface area contributed by atoms with Gasteiger partial charge < -0.3 is 63.6 Å². The van der Waals surface area contributed by atoms with Crippen LogP contribution >= 0.6 is 0 Å². The molecule has 14 heteroatoms. The first-order valence-electron chi connectivity index (χ1n) is 17.2. The van der Waals surface area contributed by atoms with Gasteiger partial charge in [-0.3, -0.25) is 4.79 Å². The largest absolute Gasteiger partial charge is 0.462 e. The normalized spacial score (nSPS) is 44.9. The molecule has 49 heavy (non-hydrogen) atoms. The number of hydrogen-bond acceptors (Lipinski definition) is 14. The number of aldehydes is 1. The predicted molar refractivity (Wildman–Crippen MR) is 177 cm³/mol. The van der Waals surface area contributed by atoms with Crippen LogP contribution < -0.4 is 0 Å². The summed E-state index contributed by atoms with van der Waals surface area (Å²) in [6.45, 7) is 8.44. The summed E-state index contributed by atoms with van der Waals surface area (Å²) in [4.78, 5) is 26.6. The van der Waals surface area contributed by atoms with E-state index in [4.69, 9.17) is 28.4 Å². The van der Waals surface area contributed by atoms with Gasteiger partial charge in [0.15, 0.2) is 12.6 Å². The van der Waals surface area contributed by atoms with E-state index in [1.54, 1.807) is 58.0 Å². The summed E-state index contributed by atoms with van der Waals surface area (Å²) >= 11 is 0. The summed E-state index contributed by atoms with van der Waals surface area (Å²) in [6.07, 6.45) is -4.00. The van der Waals surface area contributed by atoms with Gasteiger partial charge in [-0.05, 0) is 60.0 Å². The van der Waals surface area contributed by atoms with Crippen molar-refractivity contribution < 1.29 is 63.5 Å². The highest BCUT2D eigenvalue weighted by molar-refractivity contribution is 5.70. The van der Waals surface area contributed by atoms with Crippen molar-refractivity contribution in [2.24, 2.45) is 11.8 Å². The van der Waals surface area contributed by atoms with Gasteiger partial charge in [-0.2, -0.15) is 0 Å².